The zero-order valence-corrected chi connectivity index (χ0v) is 18.1. The third kappa shape index (κ3) is 6.77. The largest absolute Gasteiger partial charge is 0.326 e. The number of hydrogen-bond acceptors (Lipinski definition) is 4. The third-order valence-corrected chi connectivity index (χ3v) is 4.81. The van der Waals surface area contributed by atoms with Crippen LogP contribution in [0.1, 0.15) is 40.7 Å². The second-order valence-electron chi connectivity index (χ2n) is 7.51. The summed E-state index contributed by atoms with van der Waals surface area (Å²) in [6.45, 7) is 3.83. The highest BCUT2D eigenvalue weighted by Gasteiger charge is 2.10. The number of carbonyl (C=O) groups excluding carboxylic acids is 3. The van der Waals surface area contributed by atoms with Gasteiger partial charge in [-0.3, -0.25) is 14.4 Å². The monoisotopic (exact) mass is 430 g/mol. The Hall–Kier alpha value is -4.00. The van der Waals surface area contributed by atoms with Crippen LogP contribution in [0, 0.1) is 13.8 Å². The molecule has 0 unspecified atom stereocenters. The summed E-state index contributed by atoms with van der Waals surface area (Å²) < 4.78 is 0. The molecular formula is C25H26N4O3. The van der Waals surface area contributed by atoms with Crippen molar-refractivity contribution in [2.45, 2.75) is 33.1 Å². The number of nitrogens with zero attached hydrogens (tertiary/aromatic N) is 1. The van der Waals surface area contributed by atoms with E-state index in [0.717, 1.165) is 11.1 Å². The molecule has 3 rings (SSSR count). The van der Waals surface area contributed by atoms with Gasteiger partial charge in [-0.1, -0.05) is 23.8 Å². The van der Waals surface area contributed by atoms with E-state index in [2.05, 4.69) is 20.9 Å². The Morgan fingerprint density at radius 2 is 1.53 bits per heavy atom. The molecule has 7 heteroatoms. The average Bonchev–Trinajstić information content (AvgIpc) is 2.76. The zero-order valence-electron chi connectivity index (χ0n) is 18.1. The van der Waals surface area contributed by atoms with Crippen molar-refractivity contribution in [3.8, 4) is 0 Å². The first-order valence-corrected chi connectivity index (χ1v) is 10.4. The fourth-order valence-electron chi connectivity index (χ4n) is 3.06. The quantitative estimate of drug-likeness (QED) is 0.482. The van der Waals surface area contributed by atoms with Gasteiger partial charge >= 0.3 is 0 Å². The molecule has 1 heterocycles. The summed E-state index contributed by atoms with van der Waals surface area (Å²) in [5.41, 5.74) is 3.82. The Morgan fingerprint density at radius 3 is 2.19 bits per heavy atom. The molecule has 0 radical (unpaired) electrons. The Balaban J connectivity index is 1.46. The van der Waals surface area contributed by atoms with Crippen molar-refractivity contribution >= 4 is 34.9 Å². The maximum absolute atomic E-state index is 12.4. The van der Waals surface area contributed by atoms with Crippen molar-refractivity contribution in [2.24, 2.45) is 0 Å². The van der Waals surface area contributed by atoms with E-state index in [1.807, 2.05) is 26.0 Å². The zero-order chi connectivity index (χ0) is 22.9. The molecule has 0 saturated carbocycles. The molecule has 0 atom stereocenters. The van der Waals surface area contributed by atoms with Gasteiger partial charge in [0.05, 0.1) is 0 Å². The molecule has 0 aliphatic rings. The number of aryl methyl sites for hydroxylation is 2. The minimum absolute atomic E-state index is 0.175. The van der Waals surface area contributed by atoms with E-state index in [9.17, 15) is 14.4 Å². The van der Waals surface area contributed by atoms with Crippen molar-refractivity contribution in [3.05, 3.63) is 83.6 Å². The van der Waals surface area contributed by atoms with Crippen LogP contribution in [0.4, 0.5) is 17.2 Å². The summed E-state index contributed by atoms with van der Waals surface area (Å²) in [6, 6.07) is 17.9. The number of carbonyl (C=O) groups is 3. The Morgan fingerprint density at radius 1 is 0.812 bits per heavy atom. The van der Waals surface area contributed by atoms with Crippen LogP contribution in [0.5, 0.6) is 0 Å². The molecule has 0 aliphatic carbocycles. The summed E-state index contributed by atoms with van der Waals surface area (Å²) in [7, 11) is 0. The molecule has 32 heavy (non-hydrogen) atoms. The van der Waals surface area contributed by atoms with Gasteiger partial charge in [-0.05, 0) is 68.3 Å². The molecule has 164 valence electrons. The van der Waals surface area contributed by atoms with Gasteiger partial charge in [-0.25, -0.2) is 4.98 Å². The maximum Gasteiger partial charge on any atom is 0.255 e. The second-order valence-corrected chi connectivity index (χ2v) is 7.51. The lowest BCUT2D eigenvalue weighted by Crippen LogP contribution is -2.16. The molecule has 0 bridgehead atoms. The van der Waals surface area contributed by atoms with Crippen LogP contribution in [0.3, 0.4) is 0 Å². The topological polar surface area (TPSA) is 100 Å². The molecule has 3 amide bonds. The van der Waals surface area contributed by atoms with Gasteiger partial charge in [0.1, 0.15) is 5.82 Å². The molecule has 0 saturated heterocycles. The molecule has 0 spiro atoms. The van der Waals surface area contributed by atoms with E-state index in [1.54, 1.807) is 54.7 Å². The number of hydrogen-bond donors (Lipinski definition) is 3. The van der Waals surface area contributed by atoms with Crippen molar-refractivity contribution in [1.29, 1.82) is 0 Å². The molecule has 0 aliphatic heterocycles. The normalized spacial score (nSPS) is 10.3. The summed E-state index contributed by atoms with van der Waals surface area (Å²) in [4.78, 5) is 40.6. The lowest BCUT2D eigenvalue weighted by molar-refractivity contribution is -0.117. The third-order valence-electron chi connectivity index (χ3n) is 4.81. The highest BCUT2D eigenvalue weighted by molar-refractivity contribution is 6.05. The van der Waals surface area contributed by atoms with Crippen molar-refractivity contribution in [3.63, 3.8) is 0 Å². The highest BCUT2D eigenvalue weighted by atomic mass is 16.2. The van der Waals surface area contributed by atoms with Crippen LogP contribution in [0.15, 0.2) is 66.9 Å². The number of aromatic nitrogens is 1. The van der Waals surface area contributed by atoms with Crippen LogP contribution in [-0.4, -0.2) is 22.7 Å². The van der Waals surface area contributed by atoms with Crippen LogP contribution in [0.2, 0.25) is 0 Å². The first kappa shape index (κ1) is 22.7. The molecular weight excluding hydrogens is 404 g/mol. The van der Waals surface area contributed by atoms with Gasteiger partial charge in [-0.2, -0.15) is 0 Å². The van der Waals surface area contributed by atoms with Gasteiger partial charge in [0.25, 0.3) is 5.91 Å². The van der Waals surface area contributed by atoms with E-state index in [4.69, 9.17) is 0 Å². The molecule has 0 fully saturated rings. The van der Waals surface area contributed by atoms with Crippen LogP contribution in [0.25, 0.3) is 0 Å². The lowest BCUT2D eigenvalue weighted by Gasteiger charge is -2.11. The van der Waals surface area contributed by atoms with Crippen molar-refractivity contribution in [2.75, 3.05) is 16.0 Å². The van der Waals surface area contributed by atoms with Gasteiger partial charge in [0.2, 0.25) is 11.8 Å². The predicted molar refractivity (Wildman–Crippen MR) is 126 cm³/mol. The summed E-state index contributed by atoms with van der Waals surface area (Å²) in [6.07, 6.45) is 2.48. The Labute approximate surface area is 187 Å². The van der Waals surface area contributed by atoms with Crippen molar-refractivity contribution < 1.29 is 14.4 Å². The SMILES string of the molecule is Cc1ccc(C(=O)Nc2ccc(NC(=O)CCCC(=O)Nc3ccccn3)cc2C)cc1. The smallest absolute Gasteiger partial charge is 0.255 e. The van der Waals surface area contributed by atoms with Gasteiger partial charge in [0, 0.05) is 36.0 Å². The van der Waals surface area contributed by atoms with Crippen LogP contribution in [-0.2, 0) is 9.59 Å². The van der Waals surface area contributed by atoms with Gasteiger partial charge < -0.3 is 16.0 Å². The van der Waals surface area contributed by atoms with E-state index < -0.39 is 0 Å². The number of amides is 3. The van der Waals surface area contributed by atoms with E-state index in [1.165, 1.54) is 0 Å². The standard InChI is InChI=1S/C25H26N4O3/c1-17-9-11-19(12-10-17)25(32)28-21-14-13-20(16-18(21)2)27-23(30)7-5-8-24(31)29-22-6-3-4-15-26-22/h3-4,6,9-16H,5,7-8H2,1-2H3,(H,27,30)(H,28,32)(H,26,29,31). The summed E-state index contributed by atoms with van der Waals surface area (Å²) >= 11 is 0. The maximum atomic E-state index is 12.4. The van der Waals surface area contributed by atoms with Crippen LogP contribution >= 0.6 is 0 Å². The number of nitrogens with one attached hydrogen (secondary N) is 3. The second kappa shape index (κ2) is 10.9. The minimum Gasteiger partial charge on any atom is -0.326 e. The highest BCUT2D eigenvalue weighted by Crippen LogP contribution is 2.21. The van der Waals surface area contributed by atoms with Crippen LogP contribution < -0.4 is 16.0 Å². The molecule has 7 nitrogen and oxygen atoms in total. The molecule has 3 aromatic rings. The molecule has 3 N–H and O–H groups in total. The first-order chi connectivity index (χ1) is 15.4. The summed E-state index contributed by atoms with van der Waals surface area (Å²) in [5, 5.41) is 8.41. The minimum atomic E-state index is -0.186. The number of rotatable bonds is 8. The first-order valence-electron chi connectivity index (χ1n) is 10.4. The van der Waals surface area contributed by atoms with E-state index in [-0.39, 0.29) is 30.6 Å². The summed E-state index contributed by atoms with van der Waals surface area (Å²) in [5.74, 6) is -0.0478. The molecule has 2 aromatic carbocycles. The number of anilines is 3. The lowest BCUT2D eigenvalue weighted by atomic mass is 10.1. The number of benzene rings is 2. The van der Waals surface area contributed by atoms with E-state index in [0.29, 0.717) is 29.2 Å². The average molecular weight is 431 g/mol. The molecule has 1 aromatic heterocycles. The van der Waals surface area contributed by atoms with Gasteiger partial charge in [-0.15, -0.1) is 0 Å². The fourth-order valence-corrected chi connectivity index (χ4v) is 3.06. The predicted octanol–water partition coefficient (Wildman–Crippen LogP) is 4.70. The van der Waals surface area contributed by atoms with Gasteiger partial charge in [0.15, 0.2) is 0 Å². The van der Waals surface area contributed by atoms with Crippen molar-refractivity contribution in [1.82, 2.24) is 4.98 Å². The Bertz CT molecular complexity index is 1100. The van der Waals surface area contributed by atoms with E-state index >= 15 is 0 Å². The fraction of sp³-hybridized carbons (Fsp3) is 0.200. The number of pyridine rings is 1. The Kier molecular flexibility index (Phi) is 7.70.